The molecule has 2 atom stereocenters. The van der Waals surface area contributed by atoms with Gasteiger partial charge < -0.3 is 10.1 Å². The molecule has 1 rings (SSSR count). The summed E-state index contributed by atoms with van der Waals surface area (Å²) < 4.78 is 4.92. The molecule has 0 radical (unpaired) electrons. The van der Waals surface area contributed by atoms with Crippen LogP contribution in [0.15, 0.2) is 0 Å². The number of amides is 1. The molecule has 0 aromatic rings. The molecule has 1 saturated carbocycles. The SMILES string of the molecule is CO[C@@H](C)C(=O)N[C@@H](C#N)C1CCCCC1. The van der Waals surface area contributed by atoms with Crippen molar-refractivity contribution in [1.82, 2.24) is 5.32 Å². The summed E-state index contributed by atoms with van der Waals surface area (Å²) in [6, 6.07) is 1.84. The minimum atomic E-state index is -0.487. The molecule has 1 aliphatic rings. The average molecular weight is 224 g/mol. The number of nitrogens with zero attached hydrogens (tertiary/aromatic N) is 1. The predicted octanol–water partition coefficient (Wildman–Crippen LogP) is 1.61. The zero-order valence-electron chi connectivity index (χ0n) is 10.0. The van der Waals surface area contributed by atoms with Gasteiger partial charge >= 0.3 is 0 Å². The number of carbonyl (C=O) groups excluding carboxylic acids is 1. The van der Waals surface area contributed by atoms with Crippen LogP contribution >= 0.6 is 0 Å². The Hall–Kier alpha value is -1.08. The first-order valence-electron chi connectivity index (χ1n) is 5.91. The van der Waals surface area contributed by atoms with Gasteiger partial charge in [0.05, 0.1) is 6.07 Å². The lowest BCUT2D eigenvalue weighted by atomic mass is 9.84. The summed E-state index contributed by atoms with van der Waals surface area (Å²) >= 11 is 0. The van der Waals surface area contributed by atoms with E-state index in [9.17, 15) is 4.79 Å². The van der Waals surface area contributed by atoms with Crippen LogP contribution in [0.2, 0.25) is 0 Å². The lowest BCUT2D eigenvalue weighted by molar-refractivity contribution is -0.130. The van der Waals surface area contributed by atoms with Crippen LogP contribution in [0, 0.1) is 17.2 Å². The summed E-state index contributed by atoms with van der Waals surface area (Å²) in [5, 5.41) is 11.8. The van der Waals surface area contributed by atoms with Crippen LogP contribution in [0.4, 0.5) is 0 Å². The Morgan fingerprint density at radius 1 is 1.44 bits per heavy atom. The quantitative estimate of drug-likeness (QED) is 0.789. The van der Waals surface area contributed by atoms with E-state index < -0.39 is 6.10 Å². The zero-order chi connectivity index (χ0) is 12.0. The van der Waals surface area contributed by atoms with Gasteiger partial charge in [-0.3, -0.25) is 4.79 Å². The van der Waals surface area contributed by atoms with Crippen LogP contribution in [0.1, 0.15) is 39.0 Å². The summed E-state index contributed by atoms with van der Waals surface area (Å²) in [5.74, 6) is 0.117. The predicted molar refractivity (Wildman–Crippen MR) is 60.6 cm³/mol. The van der Waals surface area contributed by atoms with Gasteiger partial charge in [0.2, 0.25) is 5.91 Å². The minimum absolute atomic E-state index is 0.195. The maximum Gasteiger partial charge on any atom is 0.249 e. The van der Waals surface area contributed by atoms with Crippen molar-refractivity contribution in [3.63, 3.8) is 0 Å². The maximum absolute atomic E-state index is 11.6. The van der Waals surface area contributed by atoms with Gasteiger partial charge in [-0.05, 0) is 25.7 Å². The second kappa shape index (κ2) is 6.49. The molecule has 90 valence electrons. The van der Waals surface area contributed by atoms with E-state index in [-0.39, 0.29) is 11.9 Å². The van der Waals surface area contributed by atoms with Gasteiger partial charge in [0.15, 0.2) is 0 Å². The van der Waals surface area contributed by atoms with Crippen molar-refractivity contribution >= 4 is 5.91 Å². The first-order chi connectivity index (χ1) is 7.69. The average Bonchev–Trinajstić information content (AvgIpc) is 2.35. The van der Waals surface area contributed by atoms with Crippen molar-refractivity contribution in [2.75, 3.05) is 7.11 Å². The second-order valence-corrected chi connectivity index (χ2v) is 4.39. The molecule has 0 heterocycles. The summed E-state index contributed by atoms with van der Waals surface area (Å²) in [7, 11) is 1.49. The highest BCUT2D eigenvalue weighted by molar-refractivity contribution is 5.80. The van der Waals surface area contributed by atoms with Crippen molar-refractivity contribution in [2.45, 2.75) is 51.2 Å². The molecular weight excluding hydrogens is 204 g/mol. The maximum atomic E-state index is 11.6. The van der Waals surface area contributed by atoms with E-state index in [1.165, 1.54) is 26.4 Å². The fourth-order valence-corrected chi connectivity index (χ4v) is 2.10. The molecule has 1 fully saturated rings. The lowest BCUT2D eigenvalue weighted by Crippen LogP contribution is -2.44. The van der Waals surface area contributed by atoms with E-state index >= 15 is 0 Å². The lowest BCUT2D eigenvalue weighted by Gasteiger charge is -2.27. The van der Waals surface area contributed by atoms with Crippen molar-refractivity contribution < 1.29 is 9.53 Å². The van der Waals surface area contributed by atoms with E-state index in [0.717, 1.165) is 12.8 Å². The highest BCUT2D eigenvalue weighted by Gasteiger charge is 2.26. The Labute approximate surface area is 97.0 Å². The van der Waals surface area contributed by atoms with Gasteiger partial charge in [0, 0.05) is 7.11 Å². The van der Waals surface area contributed by atoms with Gasteiger partial charge in [-0.15, -0.1) is 0 Å². The van der Waals surface area contributed by atoms with Gasteiger partial charge in [-0.25, -0.2) is 0 Å². The largest absolute Gasteiger partial charge is 0.372 e. The minimum Gasteiger partial charge on any atom is -0.372 e. The Kier molecular flexibility index (Phi) is 5.27. The Morgan fingerprint density at radius 3 is 2.56 bits per heavy atom. The van der Waals surface area contributed by atoms with Gasteiger partial charge in [0.25, 0.3) is 0 Å². The Morgan fingerprint density at radius 2 is 2.06 bits per heavy atom. The number of carbonyl (C=O) groups is 1. The number of rotatable bonds is 4. The van der Waals surface area contributed by atoms with Crippen molar-refractivity contribution in [3.05, 3.63) is 0 Å². The normalized spacial score (nSPS) is 20.8. The highest BCUT2D eigenvalue weighted by atomic mass is 16.5. The molecular formula is C12H20N2O2. The second-order valence-electron chi connectivity index (χ2n) is 4.39. The molecule has 0 unspecified atom stereocenters. The third-order valence-electron chi connectivity index (χ3n) is 3.28. The molecule has 0 aliphatic heterocycles. The van der Waals surface area contributed by atoms with Crippen LogP contribution in [-0.2, 0) is 9.53 Å². The number of nitrogens with one attached hydrogen (secondary N) is 1. The smallest absolute Gasteiger partial charge is 0.249 e. The summed E-state index contributed by atoms with van der Waals surface area (Å²) in [6.07, 6.45) is 5.17. The molecule has 1 amide bonds. The van der Waals surface area contributed by atoms with Crippen molar-refractivity contribution in [1.29, 1.82) is 5.26 Å². The third-order valence-corrected chi connectivity index (χ3v) is 3.28. The molecule has 1 aliphatic carbocycles. The molecule has 0 saturated heterocycles. The fraction of sp³-hybridized carbons (Fsp3) is 0.833. The van der Waals surface area contributed by atoms with Crippen LogP contribution in [0.25, 0.3) is 0 Å². The van der Waals surface area contributed by atoms with E-state index in [1.807, 2.05) is 0 Å². The van der Waals surface area contributed by atoms with Crippen molar-refractivity contribution in [3.8, 4) is 6.07 Å². The molecule has 0 aromatic carbocycles. The highest BCUT2D eigenvalue weighted by Crippen LogP contribution is 2.26. The van der Waals surface area contributed by atoms with E-state index in [1.54, 1.807) is 6.92 Å². The topological polar surface area (TPSA) is 62.1 Å². The number of nitriles is 1. The van der Waals surface area contributed by atoms with Crippen LogP contribution in [-0.4, -0.2) is 25.2 Å². The number of hydrogen-bond donors (Lipinski definition) is 1. The third kappa shape index (κ3) is 3.49. The molecule has 0 spiro atoms. The molecule has 4 nitrogen and oxygen atoms in total. The molecule has 0 aromatic heterocycles. The summed E-state index contributed by atoms with van der Waals surface area (Å²) in [4.78, 5) is 11.6. The van der Waals surface area contributed by atoms with Gasteiger partial charge in [-0.2, -0.15) is 5.26 Å². The number of ether oxygens (including phenoxy) is 1. The Bertz CT molecular complexity index is 267. The first-order valence-corrected chi connectivity index (χ1v) is 5.91. The van der Waals surface area contributed by atoms with Crippen LogP contribution < -0.4 is 5.32 Å². The number of hydrogen-bond acceptors (Lipinski definition) is 3. The van der Waals surface area contributed by atoms with E-state index in [4.69, 9.17) is 10.00 Å². The number of methoxy groups -OCH3 is 1. The molecule has 16 heavy (non-hydrogen) atoms. The van der Waals surface area contributed by atoms with Crippen molar-refractivity contribution in [2.24, 2.45) is 5.92 Å². The zero-order valence-corrected chi connectivity index (χ0v) is 10.0. The van der Waals surface area contributed by atoms with Gasteiger partial charge in [0.1, 0.15) is 12.1 Å². The first kappa shape index (κ1) is 13.0. The summed E-state index contributed by atoms with van der Waals surface area (Å²) in [5.41, 5.74) is 0. The summed E-state index contributed by atoms with van der Waals surface area (Å²) in [6.45, 7) is 1.69. The molecule has 1 N–H and O–H groups in total. The van der Waals surface area contributed by atoms with Crippen LogP contribution in [0.5, 0.6) is 0 Å². The Balaban J connectivity index is 2.48. The molecule has 4 heteroatoms. The fourth-order valence-electron chi connectivity index (χ4n) is 2.10. The monoisotopic (exact) mass is 224 g/mol. The van der Waals surface area contributed by atoms with E-state index in [0.29, 0.717) is 5.92 Å². The van der Waals surface area contributed by atoms with Crippen LogP contribution in [0.3, 0.4) is 0 Å². The standard InChI is InChI=1S/C12H20N2O2/c1-9(16-2)12(15)14-11(8-13)10-6-4-3-5-7-10/h9-11H,3-7H2,1-2H3,(H,14,15)/t9-,11-/m0/s1. The van der Waals surface area contributed by atoms with E-state index in [2.05, 4.69) is 11.4 Å². The molecule has 0 bridgehead atoms. The van der Waals surface area contributed by atoms with Gasteiger partial charge in [-0.1, -0.05) is 19.3 Å².